The average molecular weight is 288 g/mol. The number of hydrogen-bond donors (Lipinski definition) is 1. The molecule has 0 radical (unpaired) electrons. The molecule has 112 valence electrons. The topological polar surface area (TPSA) is 71.3 Å². The molecule has 0 unspecified atom stereocenters. The van der Waals surface area contributed by atoms with E-state index in [0.29, 0.717) is 5.52 Å². The lowest BCUT2D eigenvalue weighted by atomic mass is 10.0. The molecule has 21 heavy (non-hydrogen) atoms. The lowest BCUT2D eigenvalue weighted by molar-refractivity contribution is -0.383. The highest BCUT2D eigenvalue weighted by molar-refractivity contribution is 5.96. The molecular weight excluding hydrogens is 268 g/mol. The molecular formula is C15H20N4O2. The van der Waals surface area contributed by atoms with Gasteiger partial charge >= 0.3 is 0 Å². The van der Waals surface area contributed by atoms with Crippen LogP contribution in [0.5, 0.6) is 0 Å². The first kappa shape index (κ1) is 15.2. The fraction of sp³-hybridized carbons (Fsp3) is 0.400. The van der Waals surface area contributed by atoms with Gasteiger partial charge in [0.15, 0.2) is 0 Å². The number of rotatable bonds is 5. The minimum atomic E-state index is -0.400. The minimum absolute atomic E-state index is 0.0306. The van der Waals surface area contributed by atoms with E-state index >= 15 is 0 Å². The van der Waals surface area contributed by atoms with Crippen LogP contribution in [0.2, 0.25) is 0 Å². The molecule has 0 bridgehead atoms. The Hall–Kier alpha value is -2.21. The standard InChI is InChI=1S/C15H20N4O2/c1-15(2,18(3)4)10-17-12-7-8-13(19(20)21)14-11(12)6-5-9-16-14/h5-9,17H,10H2,1-4H3. The largest absolute Gasteiger partial charge is 0.383 e. The van der Waals surface area contributed by atoms with Crippen molar-refractivity contribution in [1.29, 1.82) is 0 Å². The Balaban J connectivity index is 2.38. The van der Waals surface area contributed by atoms with Crippen LogP contribution in [0.25, 0.3) is 10.9 Å². The third-order valence-electron chi connectivity index (χ3n) is 3.87. The maximum Gasteiger partial charge on any atom is 0.295 e. The summed E-state index contributed by atoms with van der Waals surface area (Å²) in [5, 5.41) is 15.2. The van der Waals surface area contributed by atoms with Gasteiger partial charge in [0.1, 0.15) is 5.52 Å². The predicted molar refractivity (Wildman–Crippen MR) is 84.7 cm³/mol. The monoisotopic (exact) mass is 288 g/mol. The van der Waals surface area contributed by atoms with Crippen LogP contribution in [0.3, 0.4) is 0 Å². The summed E-state index contributed by atoms with van der Waals surface area (Å²) in [7, 11) is 4.05. The number of likely N-dealkylation sites (N-methyl/N-ethyl adjacent to an activating group) is 1. The van der Waals surface area contributed by atoms with Crippen molar-refractivity contribution in [3.05, 3.63) is 40.6 Å². The summed E-state index contributed by atoms with van der Waals surface area (Å²) in [6.07, 6.45) is 1.57. The smallest absolute Gasteiger partial charge is 0.295 e. The van der Waals surface area contributed by atoms with Gasteiger partial charge in [-0.25, -0.2) is 4.98 Å². The molecule has 6 heteroatoms. The van der Waals surface area contributed by atoms with Crippen LogP contribution in [0.15, 0.2) is 30.5 Å². The lowest BCUT2D eigenvalue weighted by Crippen LogP contribution is -2.44. The highest BCUT2D eigenvalue weighted by Gasteiger charge is 2.21. The predicted octanol–water partition coefficient (Wildman–Crippen LogP) is 2.90. The zero-order valence-electron chi connectivity index (χ0n) is 12.8. The molecule has 0 aliphatic carbocycles. The van der Waals surface area contributed by atoms with E-state index in [1.54, 1.807) is 18.3 Å². The first-order valence-corrected chi connectivity index (χ1v) is 6.76. The van der Waals surface area contributed by atoms with Crippen LogP contribution >= 0.6 is 0 Å². The molecule has 1 aromatic heterocycles. The van der Waals surface area contributed by atoms with Gasteiger partial charge in [-0.2, -0.15) is 0 Å². The van der Waals surface area contributed by atoms with Crippen molar-refractivity contribution in [2.75, 3.05) is 26.0 Å². The maximum atomic E-state index is 11.1. The van der Waals surface area contributed by atoms with Crippen LogP contribution < -0.4 is 5.32 Å². The summed E-state index contributed by atoms with van der Waals surface area (Å²) in [6.45, 7) is 4.99. The normalized spacial score (nSPS) is 11.9. The molecule has 0 atom stereocenters. The van der Waals surface area contributed by atoms with E-state index in [1.807, 2.05) is 20.2 Å². The number of aromatic nitrogens is 1. The zero-order chi connectivity index (χ0) is 15.6. The molecule has 0 spiro atoms. The van der Waals surface area contributed by atoms with E-state index in [2.05, 4.69) is 29.0 Å². The number of benzene rings is 1. The number of anilines is 1. The second kappa shape index (κ2) is 5.65. The van der Waals surface area contributed by atoms with Gasteiger partial charge < -0.3 is 10.2 Å². The second-order valence-corrected chi connectivity index (χ2v) is 5.85. The Morgan fingerprint density at radius 3 is 2.67 bits per heavy atom. The van der Waals surface area contributed by atoms with Gasteiger partial charge in [-0.15, -0.1) is 0 Å². The summed E-state index contributed by atoms with van der Waals surface area (Å²) in [5.74, 6) is 0. The summed E-state index contributed by atoms with van der Waals surface area (Å²) >= 11 is 0. The van der Waals surface area contributed by atoms with Gasteiger partial charge in [-0.1, -0.05) is 0 Å². The number of non-ortho nitro benzene ring substituents is 1. The highest BCUT2D eigenvalue weighted by Crippen LogP contribution is 2.30. The zero-order valence-corrected chi connectivity index (χ0v) is 12.8. The fourth-order valence-corrected chi connectivity index (χ4v) is 1.93. The molecule has 6 nitrogen and oxygen atoms in total. The van der Waals surface area contributed by atoms with Crippen molar-refractivity contribution in [3.8, 4) is 0 Å². The lowest BCUT2D eigenvalue weighted by Gasteiger charge is -2.33. The summed E-state index contributed by atoms with van der Waals surface area (Å²) in [4.78, 5) is 17.0. The Kier molecular flexibility index (Phi) is 4.09. The molecule has 1 N–H and O–H groups in total. The molecule has 2 aromatic rings. The number of nitro groups is 1. The molecule has 0 fully saturated rings. The van der Waals surface area contributed by atoms with Gasteiger partial charge in [0, 0.05) is 35.4 Å². The average Bonchev–Trinajstić information content (AvgIpc) is 2.44. The Bertz CT molecular complexity index is 668. The van der Waals surface area contributed by atoms with Gasteiger partial charge in [0.2, 0.25) is 0 Å². The Labute approximate surface area is 123 Å². The van der Waals surface area contributed by atoms with E-state index in [9.17, 15) is 10.1 Å². The van der Waals surface area contributed by atoms with E-state index < -0.39 is 4.92 Å². The van der Waals surface area contributed by atoms with Gasteiger partial charge in [0.25, 0.3) is 5.69 Å². The molecule has 1 heterocycles. The second-order valence-electron chi connectivity index (χ2n) is 5.85. The van der Waals surface area contributed by atoms with Crippen LogP contribution in [-0.2, 0) is 0 Å². The van der Waals surface area contributed by atoms with E-state index in [4.69, 9.17) is 0 Å². The molecule has 2 rings (SSSR count). The third-order valence-corrected chi connectivity index (χ3v) is 3.87. The number of fused-ring (bicyclic) bond motifs is 1. The first-order chi connectivity index (χ1) is 9.83. The third kappa shape index (κ3) is 3.11. The van der Waals surface area contributed by atoms with E-state index in [0.717, 1.165) is 17.6 Å². The van der Waals surface area contributed by atoms with Crippen LogP contribution in [-0.4, -0.2) is 41.0 Å². The SMILES string of the molecule is CN(C)C(C)(C)CNc1ccc([N+](=O)[O-])c2ncccc12. The molecule has 0 aliphatic heterocycles. The van der Waals surface area contributed by atoms with Crippen molar-refractivity contribution in [2.45, 2.75) is 19.4 Å². The minimum Gasteiger partial charge on any atom is -0.383 e. The summed E-state index contributed by atoms with van der Waals surface area (Å²) < 4.78 is 0. The number of nitro benzene ring substituents is 1. The highest BCUT2D eigenvalue weighted by atomic mass is 16.6. The molecule has 1 aromatic carbocycles. The van der Waals surface area contributed by atoms with Crippen molar-refractivity contribution < 1.29 is 4.92 Å². The molecule has 0 aliphatic rings. The van der Waals surface area contributed by atoms with Crippen molar-refractivity contribution in [1.82, 2.24) is 9.88 Å². The fourth-order valence-electron chi connectivity index (χ4n) is 1.93. The van der Waals surface area contributed by atoms with Gasteiger partial charge in [-0.3, -0.25) is 10.1 Å². The van der Waals surface area contributed by atoms with E-state index in [1.165, 1.54) is 6.07 Å². The number of nitrogens with one attached hydrogen (secondary N) is 1. The molecule has 0 amide bonds. The van der Waals surface area contributed by atoms with Crippen molar-refractivity contribution in [2.24, 2.45) is 0 Å². The number of nitrogens with zero attached hydrogens (tertiary/aromatic N) is 3. The Morgan fingerprint density at radius 2 is 2.05 bits per heavy atom. The van der Waals surface area contributed by atoms with Gasteiger partial charge in [0.05, 0.1) is 4.92 Å². The first-order valence-electron chi connectivity index (χ1n) is 6.76. The number of pyridine rings is 1. The van der Waals surface area contributed by atoms with Gasteiger partial charge in [-0.05, 0) is 46.1 Å². The summed E-state index contributed by atoms with van der Waals surface area (Å²) in [5.41, 5.74) is 1.27. The van der Waals surface area contributed by atoms with Crippen LogP contribution in [0.4, 0.5) is 11.4 Å². The Morgan fingerprint density at radius 1 is 1.33 bits per heavy atom. The van der Waals surface area contributed by atoms with Crippen molar-refractivity contribution in [3.63, 3.8) is 0 Å². The van der Waals surface area contributed by atoms with E-state index in [-0.39, 0.29) is 11.2 Å². The quantitative estimate of drug-likeness (QED) is 0.676. The number of hydrogen-bond acceptors (Lipinski definition) is 5. The molecule has 0 saturated heterocycles. The van der Waals surface area contributed by atoms with Crippen LogP contribution in [0, 0.1) is 10.1 Å². The summed E-state index contributed by atoms with van der Waals surface area (Å²) in [6, 6.07) is 6.88. The maximum absolute atomic E-state index is 11.1. The van der Waals surface area contributed by atoms with Crippen molar-refractivity contribution >= 4 is 22.3 Å². The van der Waals surface area contributed by atoms with Crippen LogP contribution in [0.1, 0.15) is 13.8 Å². The molecule has 0 saturated carbocycles.